The average Bonchev–Trinajstić information content (AvgIpc) is 2.38. The third kappa shape index (κ3) is 3.74. The predicted octanol–water partition coefficient (Wildman–Crippen LogP) is 1.78. The molecule has 0 saturated carbocycles. The van der Waals surface area contributed by atoms with E-state index in [1.165, 1.54) is 0 Å². The Labute approximate surface area is 108 Å². The number of nitrogens with one attached hydrogen (secondary N) is 2. The molecule has 1 aliphatic rings. The van der Waals surface area contributed by atoms with Gasteiger partial charge in [-0.1, -0.05) is 18.2 Å². The molecule has 0 aromatic heterocycles. The predicted molar refractivity (Wildman–Crippen MR) is 71.5 cm³/mol. The van der Waals surface area contributed by atoms with Gasteiger partial charge in [-0.3, -0.25) is 4.79 Å². The molecule has 1 aromatic rings. The molecule has 4 nitrogen and oxygen atoms in total. The summed E-state index contributed by atoms with van der Waals surface area (Å²) in [5, 5.41) is 6.14. The number of ether oxygens (including phenoxy) is 1. The van der Waals surface area contributed by atoms with Crippen molar-refractivity contribution in [1.82, 2.24) is 5.32 Å². The topological polar surface area (TPSA) is 50.4 Å². The maximum Gasteiger partial charge on any atom is 0.239 e. The van der Waals surface area contributed by atoms with Crippen LogP contribution in [0.4, 0.5) is 5.69 Å². The van der Waals surface area contributed by atoms with E-state index in [-0.39, 0.29) is 11.4 Å². The molecule has 98 valence electrons. The molecule has 0 radical (unpaired) electrons. The summed E-state index contributed by atoms with van der Waals surface area (Å²) in [5.41, 5.74) is 0.742. The molecule has 1 heterocycles. The Kier molecular flexibility index (Phi) is 4.20. The van der Waals surface area contributed by atoms with E-state index in [0.29, 0.717) is 13.2 Å². The van der Waals surface area contributed by atoms with Crippen LogP contribution in [-0.2, 0) is 9.53 Å². The molecule has 2 rings (SSSR count). The van der Waals surface area contributed by atoms with Crippen LogP contribution >= 0.6 is 0 Å². The van der Waals surface area contributed by atoms with Crippen LogP contribution in [0.3, 0.4) is 0 Å². The van der Waals surface area contributed by atoms with Gasteiger partial charge < -0.3 is 15.4 Å². The summed E-state index contributed by atoms with van der Waals surface area (Å²) < 4.78 is 5.41. The highest BCUT2D eigenvalue weighted by Crippen LogP contribution is 2.18. The number of carbonyl (C=O) groups excluding carboxylic acids is 1. The van der Waals surface area contributed by atoms with Gasteiger partial charge in [0.25, 0.3) is 0 Å². The van der Waals surface area contributed by atoms with Gasteiger partial charge in [-0.05, 0) is 31.9 Å². The smallest absolute Gasteiger partial charge is 0.239 e. The fourth-order valence-electron chi connectivity index (χ4n) is 2.15. The summed E-state index contributed by atoms with van der Waals surface area (Å²) in [5.74, 6) is 0.00635. The minimum absolute atomic E-state index is 0.00635. The molecule has 1 unspecified atom stereocenters. The van der Waals surface area contributed by atoms with Crippen LogP contribution in [0.5, 0.6) is 0 Å². The molecule has 2 N–H and O–H groups in total. The number of rotatable bonds is 4. The second kappa shape index (κ2) is 5.87. The summed E-state index contributed by atoms with van der Waals surface area (Å²) in [6.45, 7) is 3.73. The zero-order valence-corrected chi connectivity index (χ0v) is 10.7. The molecule has 1 saturated heterocycles. The number of anilines is 1. The number of para-hydroxylation sites is 1. The molecular weight excluding hydrogens is 228 g/mol. The van der Waals surface area contributed by atoms with E-state index in [2.05, 4.69) is 10.6 Å². The van der Waals surface area contributed by atoms with Gasteiger partial charge in [-0.15, -0.1) is 0 Å². The molecule has 0 bridgehead atoms. The monoisotopic (exact) mass is 248 g/mol. The minimum Gasteiger partial charge on any atom is -0.379 e. The Bertz CT molecular complexity index is 386. The van der Waals surface area contributed by atoms with Gasteiger partial charge in [0.15, 0.2) is 0 Å². The SMILES string of the molecule is CC1(NC(=O)CNc2ccccc2)CCCOC1. The maximum atomic E-state index is 11.9. The quantitative estimate of drug-likeness (QED) is 0.854. The minimum atomic E-state index is -0.215. The number of carbonyl (C=O) groups is 1. The van der Waals surface area contributed by atoms with Crippen molar-refractivity contribution in [3.63, 3.8) is 0 Å². The first-order valence-corrected chi connectivity index (χ1v) is 6.36. The van der Waals surface area contributed by atoms with Crippen LogP contribution in [0.2, 0.25) is 0 Å². The van der Waals surface area contributed by atoms with Crippen molar-refractivity contribution in [1.29, 1.82) is 0 Å². The Balaban J connectivity index is 1.78. The lowest BCUT2D eigenvalue weighted by atomic mass is 9.95. The van der Waals surface area contributed by atoms with Gasteiger partial charge in [0.2, 0.25) is 5.91 Å². The third-order valence-electron chi connectivity index (χ3n) is 3.11. The largest absolute Gasteiger partial charge is 0.379 e. The molecule has 1 atom stereocenters. The molecule has 0 spiro atoms. The van der Waals surface area contributed by atoms with Crippen LogP contribution in [0, 0.1) is 0 Å². The Morgan fingerprint density at radius 2 is 2.17 bits per heavy atom. The summed E-state index contributed by atoms with van der Waals surface area (Å²) in [4.78, 5) is 11.9. The van der Waals surface area contributed by atoms with Crippen molar-refractivity contribution in [2.45, 2.75) is 25.3 Å². The van der Waals surface area contributed by atoms with Gasteiger partial charge in [-0.25, -0.2) is 0 Å². The first kappa shape index (κ1) is 12.9. The first-order chi connectivity index (χ1) is 8.68. The zero-order chi connectivity index (χ0) is 12.8. The normalized spacial score (nSPS) is 23.4. The van der Waals surface area contributed by atoms with Crippen LogP contribution in [0.25, 0.3) is 0 Å². The average molecular weight is 248 g/mol. The van der Waals surface area contributed by atoms with Crippen molar-refractivity contribution < 1.29 is 9.53 Å². The van der Waals surface area contributed by atoms with Crippen molar-refractivity contribution >= 4 is 11.6 Å². The van der Waals surface area contributed by atoms with Crippen molar-refractivity contribution in [3.8, 4) is 0 Å². The molecule has 1 amide bonds. The molecule has 1 aliphatic heterocycles. The van der Waals surface area contributed by atoms with E-state index in [1.54, 1.807) is 0 Å². The van der Waals surface area contributed by atoms with E-state index in [1.807, 2.05) is 37.3 Å². The molecule has 18 heavy (non-hydrogen) atoms. The first-order valence-electron chi connectivity index (χ1n) is 6.36. The van der Waals surface area contributed by atoms with Crippen LogP contribution in [0.15, 0.2) is 30.3 Å². The van der Waals surface area contributed by atoms with E-state index < -0.39 is 0 Å². The summed E-state index contributed by atoms with van der Waals surface area (Å²) >= 11 is 0. The molecule has 4 heteroatoms. The van der Waals surface area contributed by atoms with Gasteiger partial charge in [0.1, 0.15) is 0 Å². The highest BCUT2D eigenvalue weighted by atomic mass is 16.5. The van der Waals surface area contributed by atoms with E-state index in [4.69, 9.17) is 4.74 Å². The van der Waals surface area contributed by atoms with Gasteiger partial charge in [0.05, 0.1) is 18.7 Å². The lowest BCUT2D eigenvalue weighted by molar-refractivity contribution is -0.122. The number of hydrogen-bond donors (Lipinski definition) is 2. The highest BCUT2D eigenvalue weighted by Gasteiger charge is 2.28. The fraction of sp³-hybridized carbons (Fsp3) is 0.500. The Morgan fingerprint density at radius 3 is 2.83 bits per heavy atom. The van der Waals surface area contributed by atoms with Crippen molar-refractivity contribution in [2.75, 3.05) is 25.1 Å². The summed E-state index contributed by atoms with van der Waals surface area (Å²) in [6, 6.07) is 9.72. The van der Waals surface area contributed by atoms with Crippen LogP contribution < -0.4 is 10.6 Å². The van der Waals surface area contributed by atoms with E-state index >= 15 is 0 Å². The molecule has 1 aromatic carbocycles. The van der Waals surface area contributed by atoms with Crippen LogP contribution in [0.1, 0.15) is 19.8 Å². The van der Waals surface area contributed by atoms with E-state index in [0.717, 1.165) is 25.1 Å². The number of hydrogen-bond acceptors (Lipinski definition) is 3. The third-order valence-corrected chi connectivity index (χ3v) is 3.11. The Hall–Kier alpha value is -1.55. The Morgan fingerprint density at radius 1 is 1.39 bits per heavy atom. The number of amides is 1. The fourth-order valence-corrected chi connectivity index (χ4v) is 2.15. The molecule has 1 fully saturated rings. The standard InChI is InChI=1S/C14H20N2O2/c1-14(8-5-9-18-11-14)16-13(17)10-15-12-6-3-2-4-7-12/h2-4,6-7,15H,5,8-11H2,1H3,(H,16,17). The number of benzene rings is 1. The van der Waals surface area contributed by atoms with Crippen molar-refractivity contribution in [3.05, 3.63) is 30.3 Å². The summed E-state index contributed by atoms with van der Waals surface area (Å²) in [6.07, 6.45) is 1.98. The van der Waals surface area contributed by atoms with Gasteiger partial charge in [0, 0.05) is 12.3 Å². The summed E-state index contributed by atoms with van der Waals surface area (Å²) in [7, 11) is 0. The maximum absolute atomic E-state index is 11.9. The van der Waals surface area contributed by atoms with Crippen molar-refractivity contribution in [2.24, 2.45) is 0 Å². The second-order valence-corrected chi connectivity index (χ2v) is 4.98. The van der Waals surface area contributed by atoms with E-state index in [9.17, 15) is 4.79 Å². The molecular formula is C14H20N2O2. The lowest BCUT2D eigenvalue weighted by Gasteiger charge is -2.34. The second-order valence-electron chi connectivity index (χ2n) is 4.98. The van der Waals surface area contributed by atoms with Crippen LogP contribution in [-0.4, -0.2) is 31.2 Å². The lowest BCUT2D eigenvalue weighted by Crippen LogP contribution is -2.52. The van der Waals surface area contributed by atoms with Gasteiger partial charge >= 0.3 is 0 Å². The van der Waals surface area contributed by atoms with Gasteiger partial charge in [-0.2, -0.15) is 0 Å². The molecule has 0 aliphatic carbocycles. The highest BCUT2D eigenvalue weighted by molar-refractivity contribution is 5.81. The zero-order valence-electron chi connectivity index (χ0n) is 10.7.